The predicted octanol–water partition coefficient (Wildman–Crippen LogP) is 3.42. The third-order valence-corrected chi connectivity index (χ3v) is 7.78. The summed E-state index contributed by atoms with van der Waals surface area (Å²) in [6.07, 6.45) is 1.44. The molecule has 41 heavy (non-hydrogen) atoms. The number of aromatic nitrogens is 1. The van der Waals surface area contributed by atoms with Gasteiger partial charge in [0.2, 0.25) is 11.8 Å². The van der Waals surface area contributed by atoms with Crippen LogP contribution in [0.15, 0.2) is 97.2 Å². The summed E-state index contributed by atoms with van der Waals surface area (Å²) in [5, 5.41) is 7.23. The number of urea groups is 1. The highest BCUT2D eigenvalue weighted by atomic mass is 16.2. The van der Waals surface area contributed by atoms with Gasteiger partial charge in [-0.15, -0.1) is 0 Å². The molecule has 2 fully saturated rings. The van der Waals surface area contributed by atoms with Gasteiger partial charge in [0.1, 0.15) is 12.2 Å². The number of hydrogen-bond donors (Lipinski definition) is 1. The van der Waals surface area contributed by atoms with Gasteiger partial charge in [0.25, 0.3) is 0 Å². The Kier molecular flexibility index (Phi) is 7.35. The van der Waals surface area contributed by atoms with Gasteiger partial charge in [-0.25, -0.2) is 14.8 Å². The molecule has 4 aromatic rings. The molecule has 2 atom stereocenters. The van der Waals surface area contributed by atoms with Gasteiger partial charge in [0.05, 0.1) is 18.6 Å². The summed E-state index contributed by atoms with van der Waals surface area (Å²) in [5.41, 5.74) is 3.67. The number of piperazine rings is 1. The number of nitrogens with zero attached hydrogens (tertiary/aromatic N) is 5. The molecule has 0 saturated carbocycles. The molecule has 3 heterocycles. The molecule has 4 amide bonds. The van der Waals surface area contributed by atoms with E-state index in [0.29, 0.717) is 19.5 Å². The van der Waals surface area contributed by atoms with Gasteiger partial charge in [-0.2, -0.15) is 0 Å². The molecule has 1 N–H and O–H groups in total. The highest BCUT2D eigenvalue weighted by Crippen LogP contribution is 2.29. The number of likely N-dealkylation sites (N-methyl/N-ethyl adjacent to an activating group) is 1. The Morgan fingerprint density at radius 3 is 2.37 bits per heavy atom. The fourth-order valence-electron chi connectivity index (χ4n) is 5.84. The van der Waals surface area contributed by atoms with Crippen LogP contribution in [-0.2, 0) is 29.1 Å². The minimum Gasteiger partial charge on any atom is -0.333 e. The Morgan fingerprint density at radius 1 is 0.902 bits per heavy atom. The Bertz CT molecular complexity index is 1560. The number of rotatable bonds is 6. The third kappa shape index (κ3) is 5.36. The van der Waals surface area contributed by atoms with Crippen molar-refractivity contribution in [2.24, 2.45) is 0 Å². The van der Waals surface area contributed by atoms with Crippen LogP contribution in [0.1, 0.15) is 16.7 Å². The van der Waals surface area contributed by atoms with Crippen molar-refractivity contribution in [1.29, 1.82) is 0 Å². The lowest BCUT2D eigenvalue weighted by Gasteiger charge is -2.54. The van der Waals surface area contributed by atoms with E-state index in [0.717, 1.165) is 27.6 Å². The molecule has 208 valence electrons. The molecule has 1 unspecified atom stereocenters. The van der Waals surface area contributed by atoms with Crippen molar-refractivity contribution in [2.45, 2.75) is 31.7 Å². The van der Waals surface area contributed by atoms with Gasteiger partial charge in [-0.05, 0) is 22.8 Å². The maximum absolute atomic E-state index is 14.1. The normalized spacial score (nSPS) is 19.4. The highest BCUT2D eigenvalue weighted by molar-refractivity contribution is 5.92. The predicted molar refractivity (Wildman–Crippen MR) is 155 cm³/mol. The van der Waals surface area contributed by atoms with Crippen molar-refractivity contribution < 1.29 is 14.4 Å². The molecule has 0 bridgehead atoms. The van der Waals surface area contributed by atoms with Gasteiger partial charge in [0, 0.05) is 38.1 Å². The van der Waals surface area contributed by atoms with E-state index in [1.54, 1.807) is 33.1 Å². The monoisotopic (exact) mass is 548 g/mol. The number of hydrogen-bond acceptors (Lipinski definition) is 5. The summed E-state index contributed by atoms with van der Waals surface area (Å²) in [7, 11) is 1.74. The average molecular weight is 549 g/mol. The van der Waals surface area contributed by atoms with Crippen LogP contribution in [-0.4, -0.2) is 75.0 Å². The van der Waals surface area contributed by atoms with E-state index >= 15 is 0 Å². The lowest BCUT2D eigenvalue weighted by Crippen LogP contribution is -2.76. The molecule has 0 spiro atoms. The van der Waals surface area contributed by atoms with E-state index in [9.17, 15) is 14.4 Å². The first kappa shape index (κ1) is 26.5. The Balaban J connectivity index is 1.34. The summed E-state index contributed by atoms with van der Waals surface area (Å²) in [6.45, 7) is 0.853. The summed E-state index contributed by atoms with van der Waals surface area (Å²) >= 11 is 0. The fourth-order valence-corrected chi connectivity index (χ4v) is 5.84. The largest absolute Gasteiger partial charge is 0.334 e. The number of nitrogens with one attached hydrogen (secondary N) is 1. The van der Waals surface area contributed by atoms with E-state index in [1.165, 1.54) is 0 Å². The number of benzene rings is 3. The minimum atomic E-state index is -0.746. The first-order valence-electron chi connectivity index (χ1n) is 13.8. The van der Waals surface area contributed by atoms with Crippen LogP contribution in [0.3, 0.4) is 0 Å². The number of para-hydroxylation sites is 1. The Morgan fingerprint density at radius 2 is 1.61 bits per heavy atom. The first-order valence-corrected chi connectivity index (χ1v) is 13.8. The number of pyridine rings is 1. The number of carbonyl (C=O) groups excluding carboxylic acids is 3. The number of hydrazine groups is 1. The average Bonchev–Trinajstić information content (AvgIpc) is 2.99. The molecule has 9 heteroatoms. The van der Waals surface area contributed by atoms with E-state index in [1.807, 2.05) is 91.0 Å². The Hall–Kier alpha value is -4.76. The summed E-state index contributed by atoms with van der Waals surface area (Å²) in [4.78, 5) is 49.2. The van der Waals surface area contributed by atoms with Crippen LogP contribution >= 0.6 is 0 Å². The molecule has 9 nitrogen and oxygen atoms in total. The molecule has 2 aliphatic heterocycles. The summed E-state index contributed by atoms with van der Waals surface area (Å²) in [6, 6.07) is 28.1. The van der Waals surface area contributed by atoms with E-state index in [-0.39, 0.29) is 30.9 Å². The maximum atomic E-state index is 14.1. The van der Waals surface area contributed by atoms with Crippen molar-refractivity contribution in [2.75, 3.05) is 20.1 Å². The zero-order chi connectivity index (χ0) is 28.3. The topological polar surface area (TPSA) is 89.1 Å². The second-order valence-corrected chi connectivity index (χ2v) is 10.5. The van der Waals surface area contributed by atoms with Gasteiger partial charge >= 0.3 is 6.03 Å². The lowest BCUT2D eigenvalue weighted by atomic mass is 9.98. The summed E-state index contributed by atoms with van der Waals surface area (Å²) < 4.78 is 0. The van der Waals surface area contributed by atoms with E-state index in [2.05, 4.69) is 10.3 Å². The van der Waals surface area contributed by atoms with Gasteiger partial charge in [0.15, 0.2) is 0 Å². The SMILES string of the molecule is CN1CC(=O)N2C(CN(Cc3cccc4cccnc34)C(=O)[C@@H]2Cc2ccccc2)N1C(=O)NCc1ccccc1. The minimum absolute atomic E-state index is 0.00106. The van der Waals surface area contributed by atoms with Crippen molar-refractivity contribution in [1.82, 2.24) is 30.1 Å². The van der Waals surface area contributed by atoms with Crippen molar-refractivity contribution in [3.05, 3.63) is 114 Å². The second-order valence-electron chi connectivity index (χ2n) is 10.5. The molecular formula is C32H32N6O3. The first-order chi connectivity index (χ1) is 20.0. The molecule has 0 radical (unpaired) electrons. The molecule has 6 rings (SSSR count). The van der Waals surface area contributed by atoms with Crippen molar-refractivity contribution in [3.8, 4) is 0 Å². The molecular weight excluding hydrogens is 516 g/mol. The van der Waals surface area contributed by atoms with Crippen LogP contribution in [0.5, 0.6) is 0 Å². The van der Waals surface area contributed by atoms with Crippen molar-refractivity contribution >= 4 is 28.7 Å². The van der Waals surface area contributed by atoms with Gasteiger partial charge in [-0.3, -0.25) is 14.6 Å². The number of amides is 4. The number of fused-ring (bicyclic) bond motifs is 2. The summed E-state index contributed by atoms with van der Waals surface area (Å²) in [5.74, 6) is -0.314. The van der Waals surface area contributed by atoms with Crippen LogP contribution < -0.4 is 5.32 Å². The van der Waals surface area contributed by atoms with Gasteiger partial charge in [-0.1, -0.05) is 84.9 Å². The van der Waals surface area contributed by atoms with E-state index in [4.69, 9.17) is 0 Å². The molecule has 1 aromatic heterocycles. The maximum Gasteiger partial charge on any atom is 0.334 e. The van der Waals surface area contributed by atoms with Gasteiger partial charge < -0.3 is 15.1 Å². The molecule has 0 aliphatic carbocycles. The number of carbonyl (C=O) groups is 3. The van der Waals surface area contributed by atoms with E-state index < -0.39 is 12.2 Å². The zero-order valence-electron chi connectivity index (χ0n) is 22.9. The fraction of sp³-hybridized carbons (Fsp3) is 0.250. The van der Waals surface area contributed by atoms with Crippen LogP contribution in [0.2, 0.25) is 0 Å². The lowest BCUT2D eigenvalue weighted by molar-refractivity contribution is -0.187. The van der Waals surface area contributed by atoms with Crippen LogP contribution in [0.4, 0.5) is 4.79 Å². The standard InChI is InChI=1S/C32H32N6O3/c1-35-22-29(39)37-27(18-23-10-4-2-5-11-23)31(40)36(20-26-15-8-14-25-16-9-17-33-30(25)26)21-28(37)38(35)32(41)34-19-24-12-6-3-7-13-24/h2-17,27-28H,18-22H2,1H3,(H,34,41)/t27-,28?/m0/s1. The molecule has 2 aliphatic rings. The van der Waals surface area contributed by atoms with Crippen LogP contribution in [0, 0.1) is 0 Å². The highest BCUT2D eigenvalue weighted by Gasteiger charge is 2.50. The Labute approximate surface area is 238 Å². The quantitative estimate of drug-likeness (QED) is 0.399. The molecule has 2 saturated heterocycles. The van der Waals surface area contributed by atoms with Crippen molar-refractivity contribution in [3.63, 3.8) is 0 Å². The van der Waals surface area contributed by atoms with Crippen LogP contribution in [0.25, 0.3) is 10.9 Å². The third-order valence-electron chi connectivity index (χ3n) is 7.78. The smallest absolute Gasteiger partial charge is 0.333 e. The molecule has 3 aromatic carbocycles. The zero-order valence-corrected chi connectivity index (χ0v) is 22.9. The second kappa shape index (κ2) is 11.4.